The Morgan fingerprint density at radius 3 is 2.43 bits per heavy atom. The van der Waals surface area contributed by atoms with Crippen LogP contribution in [0.15, 0.2) is 30.3 Å². The molecule has 0 heterocycles. The first-order valence-corrected chi connectivity index (χ1v) is 4.95. The fourth-order valence-electron chi connectivity index (χ4n) is 1.86. The van der Waals surface area contributed by atoms with Crippen LogP contribution < -0.4 is 0 Å². The van der Waals surface area contributed by atoms with Crippen molar-refractivity contribution in [1.29, 1.82) is 0 Å². The lowest BCUT2D eigenvalue weighted by molar-refractivity contribution is -0.126. The molecule has 0 aliphatic heterocycles. The normalized spacial score (nSPS) is 17.8. The van der Waals surface area contributed by atoms with Gasteiger partial charge in [0.1, 0.15) is 6.61 Å². The Morgan fingerprint density at radius 2 is 1.93 bits per heavy atom. The van der Waals surface area contributed by atoms with Crippen molar-refractivity contribution >= 4 is 5.78 Å². The van der Waals surface area contributed by atoms with Gasteiger partial charge < -0.3 is 5.11 Å². The Labute approximate surface area is 83.6 Å². The second-order valence-electron chi connectivity index (χ2n) is 4.02. The van der Waals surface area contributed by atoms with E-state index >= 15 is 0 Å². The highest BCUT2D eigenvalue weighted by atomic mass is 16.3. The molecule has 1 saturated carbocycles. The van der Waals surface area contributed by atoms with E-state index < -0.39 is 0 Å². The van der Waals surface area contributed by atoms with Crippen LogP contribution in [0, 0.1) is 5.41 Å². The predicted molar refractivity (Wildman–Crippen MR) is 53.9 cm³/mol. The monoisotopic (exact) mass is 190 g/mol. The van der Waals surface area contributed by atoms with Gasteiger partial charge in [0, 0.05) is 5.41 Å². The minimum atomic E-state index is -0.313. The third-order valence-electron chi connectivity index (χ3n) is 2.97. The minimum Gasteiger partial charge on any atom is -0.389 e. The predicted octanol–water partition coefficient (Wildman–Crippen LogP) is 1.57. The highest BCUT2D eigenvalue weighted by Gasteiger charge is 2.48. The maximum Gasteiger partial charge on any atom is 0.164 e. The average molecular weight is 190 g/mol. The van der Waals surface area contributed by atoms with Crippen molar-refractivity contribution in [2.45, 2.75) is 19.3 Å². The first-order valence-electron chi connectivity index (χ1n) is 4.95. The van der Waals surface area contributed by atoms with Crippen LogP contribution in [0.25, 0.3) is 0 Å². The molecule has 0 aromatic heterocycles. The Kier molecular flexibility index (Phi) is 2.38. The van der Waals surface area contributed by atoms with Crippen LogP contribution in [0.2, 0.25) is 0 Å². The van der Waals surface area contributed by atoms with Crippen molar-refractivity contribution in [2.75, 3.05) is 6.61 Å². The molecule has 0 unspecified atom stereocenters. The molecule has 1 N–H and O–H groups in total. The zero-order valence-corrected chi connectivity index (χ0v) is 8.07. The Hall–Kier alpha value is -1.15. The van der Waals surface area contributed by atoms with Gasteiger partial charge in [-0.3, -0.25) is 4.79 Å². The largest absolute Gasteiger partial charge is 0.389 e. The van der Waals surface area contributed by atoms with E-state index in [0.29, 0.717) is 0 Å². The number of carbonyl (C=O) groups excluding carboxylic acids is 1. The fourth-order valence-corrected chi connectivity index (χ4v) is 1.86. The lowest BCUT2D eigenvalue weighted by Crippen LogP contribution is -2.21. The smallest absolute Gasteiger partial charge is 0.164 e. The molecule has 0 radical (unpaired) electrons. The summed E-state index contributed by atoms with van der Waals surface area (Å²) in [5.74, 6) is 0.00125. The van der Waals surface area contributed by atoms with Gasteiger partial charge in [0.25, 0.3) is 0 Å². The summed E-state index contributed by atoms with van der Waals surface area (Å²) < 4.78 is 0. The standard InChI is InChI=1S/C12H14O2/c13-9-11(14)12(6-7-12)8-10-4-2-1-3-5-10/h1-5,13H,6-9H2. The second-order valence-corrected chi connectivity index (χ2v) is 4.02. The summed E-state index contributed by atoms with van der Waals surface area (Å²) in [6, 6.07) is 10.00. The van der Waals surface area contributed by atoms with Gasteiger partial charge in [-0.25, -0.2) is 0 Å². The SMILES string of the molecule is O=C(CO)C1(Cc2ccccc2)CC1. The Balaban J connectivity index is 2.08. The minimum absolute atomic E-state index is 0.00125. The van der Waals surface area contributed by atoms with Crippen molar-refractivity contribution in [3.05, 3.63) is 35.9 Å². The number of aliphatic hydroxyl groups excluding tert-OH is 1. The van der Waals surface area contributed by atoms with Crippen LogP contribution >= 0.6 is 0 Å². The summed E-state index contributed by atoms with van der Waals surface area (Å²) in [7, 11) is 0. The number of ketones is 1. The van der Waals surface area contributed by atoms with E-state index in [1.165, 1.54) is 5.56 Å². The maximum absolute atomic E-state index is 11.5. The van der Waals surface area contributed by atoms with Crippen LogP contribution in [0.1, 0.15) is 18.4 Å². The number of hydrogen-bond acceptors (Lipinski definition) is 2. The van der Waals surface area contributed by atoms with E-state index in [-0.39, 0.29) is 17.8 Å². The van der Waals surface area contributed by atoms with Gasteiger partial charge in [0.15, 0.2) is 5.78 Å². The van der Waals surface area contributed by atoms with E-state index in [1.807, 2.05) is 30.3 Å². The van der Waals surface area contributed by atoms with Crippen LogP contribution in [-0.4, -0.2) is 17.5 Å². The molecule has 0 amide bonds. The summed E-state index contributed by atoms with van der Waals surface area (Å²) in [5.41, 5.74) is 0.961. The summed E-state index contributed by atoms with van der Waals surface area (Å²) in [4.78, 5) is 11.5. The molecule has 0 atom stereocenters. The summed E-state index contributed by atoms with van der Waals surface area (Å²) >= 11 is 0. The van der Waals surface area contributed by atoms with Crippen molar-refractivity contribution in [3.63, 3.8) is 0 Å². The average Bonchev–Trinajstić information content (AvgIpc) is 2.99. The van der Waals surface area contributed by atoms with Gasteiger partial charge in [-0.05, 0) is 24.8 Å². The Morgan fingerprint density at radius 1 is 1.29 bits per heavy atom. The number of carbonyl (C=O) groups is 1. The molecule has 1 aliphatic carbocycles. The maximum atomic E-state index is 11.5. The molecule has 1 fully saturated rings. The van der Waals surface area contributed by atoms with Crippen LogP contribution in [0.4, 0.5) is 0 Å². The summed E-state index contributed by atoms with van der Waals surface area (Å²) in [6.45, 7) is -0.313. The quantitative estimate of drug-likeness (QED) is 0.782. The van der Waals surface area contributed by atoms with E-state index in [1.54, 1.807) is 0 Å². The lowest BCUT2D eigenvalue weighted by atomic mass is 9.92. The van der Waals surface area contributed by atoms with E-state index in [0.717, 1.165) is 19.3 Å². The van der Waals surface area contributed by atoms with E-state index in [2.05, 4.69) is 0 Å². The molecule has 1 aliphatic rings. The molecule has 2 rings (SSSR count). The number of benzene rings is 1. The number of aliphatic hydroxyl groups is 1. The molecule has 2 nitrogen and oxygen atoms in total. The molecule has 0 bridgehead atoms. The van der Waals surface area contributed by atoms with Gasteiger partial charge in [-0.15, -0.1) is 0 Å². The number of Topliss-reactive ketones (excluding diaryl/α,β-unsaturated/α-hetero) is 1. The molecular weight excluding hydrogens is 176 g/mol. The second kappa shape index (κ2) is 3.54. The lowest BCUT2D eigenvalue weighted by Gasteiger charge is -2.11. The van der Waals surface area contributed by atoms with Crippen molar-refractivity contribution in [1.82, 2.24) is 0 Å². The molecule has 2 heteroatoms. The zero-order chi connectivity index (χ0) is 10.0. The van der Waals surface area contributed by atoms with Crippen molar-refractivity contribution in [3.8, 4) is 0 Å². The van der Waals surface area contributed by atoms with Crippen molar-refractivity contribution < 1.29 is 9.90 Å². The number of rotatable bonds is 4. The summed E-state index contributed by atoms with van der Waals surface area (Å²) in [5, 5.41) is 8.84. The summed E-state index contributed by atoms with van der Waals surface area (Å²) in [6.07, 6.45) is 2.65. The third-order valence-corrected chi connectivity index (χ3v) is 2.97. The van der Waals surface area contributed by atoms with Gasteiger partial charge in [-0.2, -0.15) is 0 Å². The molecule has 74 valence electrons. The molecule has 14 heavy (non-hydrogen) atoms. The topological polar surface area (TPSA) is 37.3 Å². The molecule has 1 aromatic rings. The van der Waals surface area contributed by atoms with Crippen LogP contribution in [0.5, 0.6) is 0 Å². The molecular formula is C12H14O2. The molecule has 0 saturated heterocycles. The van der Waals surface area contributed by atoms with Gasteiger partial charge in [0.05, 0.1) is 0 Å². The van der Waals surface area contributed by atoms with Crippen molar-refractivity contribution in [2.24, 2.45) is 5.41 Å². The fraction of sp³-hybridized carbons (Fsp3) is 0.417. The van der Waals surface area contributed by atoms with Gasteiger partial charge in [-0.1, -0.05) is 30.3 Å². The van der Waals surface area contributed by atoms with Gasteiger partial charge >= 0.3 is 0 Å². The van der Waals surface area contributed by atoms with Gasteiger partial charge in [0.2, 0.25) is 0 Å². The molecule has 1 aromatic carbocycles. The Bertz CT molecular complexity index is 325. The zero-order valence-electron chi connectivity index (χ0n) is 8.07. The first kappa shape index (κ1) is 9.41. The molecule has 0 spiro atoms. The van der Waals surface area contributed by atoms with Crippen LogP contribution in [-0.2, 0) is 11.2 Å². The van der Waals surface area contributed by atoms with Crippen LogP contribution in [0.3, 0.4) is 0 Å². The van der Waals surface area contributed by atoms with E-state index in [4.69, 9.17) is 5.11 Å². The highest BCUT2D eigenvalue weighted by Crippen LogP contribution is 2.49. The highest BCUT2D eigenvalue weighted by molar-refractivity contribution is 5.88. The van der Waals surface area contributed by atoms with E-state index in [9.17, 15) is 4.79 Å². The first-order chi connectivity index (χ1) is 6.77. The third kappa shape index (κ3) is 1.70. The number of hydrogen-bond donors (Lipinski definition) is 1.